The molecular formula is C46H60O10. The van der Waals surface area contributed by atoms with E-state index in [4.69, 9.17) is 9.47 Å². The third kappa shape index (κ3) is 8.89. The number of unbranched alkanes of at least 4 members (excludes halogenated alkanes) is 1. The van der Waals surface area contributed by atoms with Crippen LogP contribution in [0.5, 0.6) is 0 Å². The Hall–Kier alpha value is -3.70. The van der Waals surface area contributed by atoms with E-state index in [9.17, 15) is 39.6 Å². The number of carbonyl (C=O) groups is 4. The van der Waals surface area contributed by atoms with Crippen molar-refractivity contribution in [3.8, 4) is 0 Å². The molecule has 4 N–H and O–H groups in total. The number of esters is 2. The van der Waals surface area contributed by atoms with Gasteiger partial charge in [0.2, 0.25) is 5.78 Å². The number of hydrogen-bond donors (Lipinski definition) is 4. The summed E-state index contributed by atoms with van der Waals surface area (Å²) in [6.07, 6.45) is 17.3. The number of aliphatic hydroxyl groups excluding tert-OH is 3. The molecule has 10 heteroatoms. The fourth-order valence-corrected chi connectivity index (χ4v) is 10.6. The molecule has 10 nitrogen and oxygen atoms in total. The Kier molecular flexibility index (Phi) is 13.4. The first kappa shape index (κ1) is 41.9. The minimum absolute atomic E-state index is 0.0797. The second-order valence-corrected chi connectivity index (χ2v) is 17.3. The third-order valence-corrected chi connectivity index (χ3v) is 14.0. The van der Waals surface area contributed by atoms with Crippen molar-refractivity contribution in [2.24, 2.45) is 34.5 Å². The molecule has 0 spiro atoms. The molecule has 0 amide bonds. The van der Waals surface area contributed by atoms with Gasteiger partial charge in [-0.2, -0.15) is 0 Å². The molecule has 0 saturated heterocycles. The zero-order valence-electron chi connectivity index (χ0n) is 32.9. The minimum atomic E-state index is -1.64. The molecule has 0 bridgehead atoms. The zero-order chi connectivity index (χ0) is 40.1. The van der Waals surface area contributed by atoms with Gasteiger partial charge in [-0.25, -0.2) is 4.79 Å². The number of rotatable bonds is 16. The van der Waals surface area contributed by atoms with Crippen LogP contribution in [0.3, 0.4) is 0 Å². The van der Waals surface area contributed by atoms with Crippen LogP contribution in [0.2, 0.25) is 0 Å². The van der Waals surface area contributed by atoms with Crippen LogP contribution in [0.4, 0.5) is 0 Å². The first-order valence-corrected chi connectivity index (χ1v) is 20.7. The van der Waals surface area contributed by atoms with Crippen LogP contribution < -0.4 is 0 Å². The standard InChI is InChI=1S/C46H60O10/c1-44-23-20-33(48)26-31(44)15-18-36-37(44)21-24-45(2)38(36)22-25-46(45,54)41(51)28-55-43(53)29-56-42(52)13-9-4-3-8-12-34-35(40(50)27-39(34)49)19-17-32(47)16-14-30-10-6-5-7-11-30/h3,5-8,10-11,17,19,21,26,32,34-36,38-40,47,49-50,54H,4,9,12-16,18,20,22-25,27-29H2,1-2H3/b8-3-,19-17+/t32-,34+,35+,36+,38-,39-,40+,44?,45?,46-/m0/s1. The van der Waals surface area contributed by atoms with E-state index < -0.39 is 60.3 Å². The lowest BCUT2D eigenvalue weighted by atomic mass is 9.50. The van der Waals surface area contributed by atoms with Crippen LogP contribution in [-0.2, 0) is 35.1 Å². The average Bonchev–Trinajstić information content (AvgIpc) is 3.62. The minimum Gasteiger partial charge on any atom is -0.455 e. The van der Waals surface area contributed by atoms with Gasteiger partial charge in [0.25, 0.3) is 0 Å². The molecule has 0 radical (unpaired) electrons. The number of aryl methyl sites for hydroxylation is 1. The van der Waals surface area contributed by atoms with Gasteiger partial charge in [-0.15, -0.1) is 0 Å². The molecule has 3 fully saturated rings. The number of aliphatic hydroxyl groups is 4. The van der Waals surface area contributed by atoms with E-state index in [2.05, 4.69) is 13.0 Å². The Labute approximate surface area is 330 Å². The first-order valence-electron chi connectivity index (χ1n) is 20.7. The summed E-state index contributed by atoms with van der Waals surface area (Å²) in [5.74, 6) is -1.88. The molecule has 0 aromatic heterocycles. The maximum Gasteiger partial charge on any atom is 0.344 e. The van der Waals surface area contributed by atoms with Crippen LogP contribution in [0.15, 0.2) is 77.9 Å². The summed E-state index contributed by atoms with van der Waals surface area (Å²) in [6.45, 7) is 3.00. The van der Waals surface area contributed by atoms with E-state index in [1.54, 1.807) is 6.08 Å². The second-order valence-electron chi connectivity index (χ2n) is 17.3. The van der Waals surface area contributed by atoms with E-state index in [-0.39, 0.29) is 47.7 Å². The van der Waals surface area contributed by atoms with Gasteiger partial charge in [0.1, 0.15) is 5.60 Å². The molecule has 304 valence electrons. The normalized spacial score (nSPS) is 34.4. The number of benzene rings is 1. The molecule has 5 aliphatic rings. The van der Waals surface area contributed by atoms with E-state index in [0.29, 0.717) is 51.4 Å². The van der Waals surface area contributed by atoms with Gasteiger partial charge in [0, 0.05) is 36.0 Å². The largest absolute Gasteiger partial charge is 0.455 e. The quantitative estimate of drug-likeness (QED) is 0.0910. The van der Waals surface area contributed by atoms with Gasteiger partial charge in [-0.05, 0) is 100 Å². The molecule has 5 aliphatic carbocycles. The summed E-state index contributed by atoms with van der Waals surface area (Å²) < 4.78 is 10.3. The molecule has 0 aliphatic heterocycles. The Morgan fingerprint density at radius 2 is 1.73 bits per heavy atom. The Morgan fingerprint density at radius 3 is 2.52 bits per heavy atom. The van der Waals surface area contributed by atoms with Gasteiger partial charge in [0.05, 0.1) is 18.3 Å². The molecular weight excluding hydrogens is 712 g/mol. The van der Waals surface area contributed by atoms with Crippen molar-refractivity contribution >= 4 is 23.5 Å². The van der Waals surface area contributed by atoms with Crippen molar-refractivity contribution in [1.29, 1.82) is 0 Å². The van der Waals surface area contributed by atoms with Crippen LogP contribution >= 0.6 is 0 Å². The van der Waals surface area contributed by atoms with Gasteiger partial charge in [0.15, 0.2) is 19.0 Å². The number of Topliss-reactive ketones (excluding diaryl/α,β-unsaturated/α-hetero) is 1. The monoisotopic (exact) mass is 772 g/mol. The molecule has 2 unspecified atom stereocenters. The zero-order valence-corrected chi connectivity index (χ0v) is 32.9. The Morgan fingerprint density at radius 1 is 0.964 bits per heavy atom. The third-order valence-electron chi connectivity index (χ3n) is 14.0. The number of hydrogen-bond acceptors (Lipinski definition) is 10. The second kappa shape index (κ2) is 17.8. The first-order chi connectivity index (χ1) is 26.7. The molecule has 6 rings (SSSR count). The number of ketones is 2. The SMILES string of the molecule is CC12CCC(=O)C=C1CC[C@@H]1C2=CCC2(C)[C@H]1CC[C@]2(O)C(=O)COC(=O)COC(=O)CCC/C=C\C[C@@H]1[C@@H](/C=C/[C@@H](O)CCc2ccccc2)[C@H](O)C[C@@H]1O. The molecule has 1 aromatic carbocycles. The molecule has 3 saturated carbocycles. The van der Waals surface area contributed by atoms with Crippen molar-refractivity contribution < 1.29 is 49.1 Å². The van der Waals surface area contributed by atoms with Crippen LogP contribution in [0.25, 0.3) is 0 Å². The summed E-state index contributed by atoms with van der Waals surface area (Å²) >= 11 is 0. The summed E-state index contributed by atoms with van der Waals surface area (Å²) in [7, 11) is 0. The van der Waals surface area contributed by atoms with Gasteiger partial charge in [-0.1, -0.05) is 85.7 Å². The maximum absolute atomic E-state index is 13.5. The van der Waals surface area contributed by atoms with E-state index >= 15 is 0 Å². The molecule has 1 aromatic rings. The van der Waals surface area contributed by atoms with Crippen LogP contribution in [0, 0.1) is 34.5 Å². The lowest BCUT2D eigenvalue weighted by Crippen LogP contribution is -2.55. The van der Waals surface area contributed by atoms with Gasteiger partial charge >= 0.3 is 11.9 Å². The summed E-state index contributed by atoms with van der Waals surface area (Å²) in [4.78, 5) is 50.4. The van der Waals surface area contributed by atoms with Crippen molar-refractivity contribution in [2.45, 2.75) is 128 Å². The fourth-order valence-electron chi connectivity index (χ4n) is 10.6. The topological polar surface area (TPSA) is 168 Å². The molecule has 10 atom stereocenters. The van der Waals surface area contributed by atoms with Crippen molar-refractivity contribution in [3.63, 3.8) is 0 Å². The summed E-state index contributed by atoms with van der Waals surface area (Å²) in [5, 5.41) is 43.5. The van der Waals surface area contributed by atoms with E-state index in [1.807, 2.05) is 61.6 Å². The number of carbonyl (C=O) groups excluding carboxylic acids is 4. The smallest absolute Gasteiger partial charge is 0.344 e. The van der Waals surface area contributed by atoms with Crippen LogP contribution in [-0.4, -0.2) is 81.1 Å². The Bertz CT molecular complexity index is 1730. The highest BCUT2D eigenvalue weighted by atomic mass is 16.6. The highest BCUT2D eigenvalue weighted by Gasteiger charge is 2.64. The number of allylic oxidation sites excluding steroid dienone is 6. The highest BCUT2D eigenvalue weighted by Crippen LogP contribution is 2.65. The fraction of sp³-hybridized carbons (Fsp3) is 0.609. The lowest BCUT2D eigenvalue weighted by molar-refractivity contribution is -0.167. The average molecular weight is 773 g/mol. The highest BCUT2D eigenvalue weighted by molar-refractivity contribution is 5.92. The lowest BCUT2D eigenvalue weighted by Gasteiger charge is -2.54. The predicted molar refractivity (Wildman–Crippen MR) is 210 cm³/mol. The van der Waals surface area contributed by atoms with E-state index in [1.165, 1.54) is 11.1 Å². The summed E-state index contributed by atoms with van der Waals surface area (Å²) in [5.41, 5.74) is 1.22. The summed E-state index contributed by atoms with van der Waals surface area (Å²) in [6, 6.07) is 9.93. The number of ether oxygens (including phenoxy) is 2. The molecule has 0 heterocycles. The van der Waals surface area contributed by atoms with Crippen LogP contribution in [0.1, 0.15) is 103 Å². The Balaban J connectivity index is 0.887. The van der Waals surface area contributed by atoms with Crippen molar-refractivity contribution in [1.82, 2.24) is 0 Å². The number of fused-ring (bicyclic) bond motifs is 5. The van der Waals surface area contributed by atoms with Gasteiger partial charge < -0.3 is 29.9 Å². The maximum atomic E-state index is 13.5. The van der Waals surface area contributed by atoms with Crippen molar-refractivity contribution in [3.05, 3.63) is 83.5 Å². The van der Waals surface area contributed by atoms with Gasteiger partial charge in [-0.3, -0.25) is 14.4 Å². The predicted octanol–water partition coefficient (Wildman–Crippen LogP) is 5.85. The molecule has 56 heavy (non-hydrogen) atoms. The van der Waals surface area contributed by atoms with Crippen molar-refractivity contribution in [2.75, 3.05) is 13.2 Å². The van der Waals surface area contributed by atoms with E-state index in [0.717, 1.165) is 31.2 Å².